The molecule has 0 fully saturated rings. The summed E-state index contributed by atoms with van der Waals surface area (Å²) in [6, 6.07) is 9.60. The molecule has 0 unspecified atom stereocenters. The molecule has 126 valence electrons. The minimum atomic E-state index is 0.0251. The molecule has 2 aromatic rings. The summed E-state index contributed by atoms with van der Waals surface area (Å²) < 4.78 is 0.945. The van der Waals surface area contributed by atoms with Crippen LogP contribution in [-0.2, 0) is 11.2 Å². The molecule has 0 bridgehead atoms. The van der Waals surface area contributed by atoms with E-state index in [0.29, 0.717) is 5.56 Å². The van der Waals surface area contributed by atoms with Gasteiger partial charge in [0, 0.05) is 34.3 Å². The molecular weight excluding hydrogens is 386 g/mol. The van der Waals surface area contributed by atoms with E-state index in [-0.39, 0.29) is 30.6 Å². The molecule has 0 spiro atoms. The van der Waals surface area contributed by atoms with E-state index in [9.17, 15) is 9.59 Å². The van der Waals surface area contributed by atoms with Gasteiger partial charge >= 0.3 is 0 Å². The first-order valence-corrected chi connectivity index (χ1v) is 9.92. The van der Waals surface area contributed by atoms with Crippen LogP contribution in [0.5, 0.6) is 0 Å². The van der Waals surface area contributed by atoms with Crippen molar-refractivity contribution in [3.8, 4) is 0 Å². The number of ketones is 1. The van der Waals surface area contributed by atoms with Crippen molar-refractivity contribution in [3.63, 3.8) is 0 Å². The first-order valence-electron chi connectivity index (χ1n) is 8.24. The average Bonchev–Trinajstić information content (AvgIpc) is 3.07. The zero-order chi connectivity index (χ0) is 17.1. The molecule has 3 nitrogen and oxygen atoms in total. The molecule has 1 aliphatic rings. The second-order valence-electron chi connectivity index (χ2n) is 5.99. The molecule has 1 atom stereocenters. The number of fused-ring (bicyclic) bond motifs is 1. The minimum Gasteiger partial charge on any atom is -0.335 e. The van der Waals surface area contributed by atoms with Gasteiger partial charge in [-0.2, -0.15) is 0 Å². The molecule has 1 aliphatic heterocycles. The molecule has 0 saturated carbocycles. The highest BCUT2D eigenvalue weighted by atomic mass is 79.9. The number of carbonyl (C=O) groups is 2. The molecule has 1 aromatic heterocycles. The fourth-order valence-corrected chi connectivity index (χ4v) is 4.47. The fraction of sp³-hybridized carbons (Fsp3) is 0.368. The van der Waals surface area contributed by atoms with Crippen LogP contribution < -0.4 is 0 Å². The average molecular weight is 406 g/mol. The smallest absolute Gasteiger partial charge is 0.223 e. The number of rotatable bonds is 5. The Morgan fingerprint density at radius 2 is 1.96 bits per heavy atom. The number of amides is 1. The predicted molar refractivity (Wildman–Crippen MR) is 100 cm³/mol. The van der Waals surface area contributed by atoms with Crippen molar-refractivity contribution in [1.82, 2.24) is 4.90 Å². The van der Waals surface area contributed by atoms with Crippen molar-refractivity contribution in [2.45, 2.75) is 38.6 Å². The Morgan fingerprint density at radius 1 is 1.21 bits per heavy atom. The van der Waals surface area contributed by atoms with E-state index in [1.54, 1.807) is 23.5 Å². The van der Waals surface area contributed by atoms with Crippen LogP contribution in [0.25, 0.3) is 0 Å². The van der Waals surface area contributed by atoms with Crippen LogP contribution >= 0.6 is 27.3 Å². The Balaban J connectivity index is 1.63. The Labute approximate surface area is 154 Å². The van der Waals surface area contributed by atoms with Gasteiger partial charge in [0.15, 0.2) is 5.78 Å². The number of benzene rings is 1. The number of thiophene rings is 1. The normalized spacial score (nSPS) is 16.8. The van der Waals surface area contributed by atoms with Gasteiger partial charge in [-0.15, -0.1) is 11.3 Å². The topological polar surface area (TPSA) is 37.4 Å². The number of hydrogen-bond donors (Lipinski definition) is 0. The summed E-state index contributed by atoms with van der Waals surface area (Å²) in [5.41, 5.74) is 1.96. The van der Waals surface area contributed by atoms with Crippen molar-refractivity contribution in [3.05, 3.63) is 56.2 Å². The van der Waals surface area contributed by atoms with E-state index < -0.39 is 0 Å². The summed E-state index contributed by atoms with van der Waals surface area (Å²) in [5.74, 6) is 0.112. The van der Waals surface area contributed by atoms with Crippen molar-refractivity contribution >= 4 is 39.0 Å². The van der Waals surface area contributed by atoms with Gasteiger partial charge < -0.3 is 4.90 Å². The van der Waals surface area contributed by atoms with Gasteiger partial charge in [0.2, 0.25) is 5.91 Å². The summed E-state index contributed by atoms with van der Waals surface area (Å²) in [4.78, 5) is 28.3. The van der Waals surface area contributed by atoms with E-state index in [2.05, 4.69) is 34.3 Å². The molecule has 24 heavy (non-hydrogen) atoms. The lowest BCUT2D eigenvalue weighted by Crippen LogP contribution is -2.39. The first-order chi connectivity index (χ1) is 11.6. The Morgan fingerprint density at radius 3 is 2.67 bits per heavy atom. The maximum Gasteiger partial charge on any atom is 0.223 e. The van der Waals surface area contributed by atoms with Crippen molar-refractivity contribution in [2.24, 2.45) is 0 Å². The zero-order valence-corrected chi connectivity index (χ0v) is 16.0. The molecule has 0 aliphatic carbocycles. The van der Waals surface area contributed by atoms with Gasteiger partial charge in [-0.3, -0.25) is 9.59 Å². The van der Waals surface area contributed by atoms with Gasteiger partial charge in [0.05, 0.1) is 6.04 Å². The molecule has 2 heterocycles. The Hall–Kier alpha value is -1.46. The van der Waals surface area contributed by atoms with Gasteiger partial charge in [-0.1, -0.05) is 35.0 Å². The number of nitrogens with zero attached hydrogens (tertiary/aromatic N) is 1. The maximum atomic E-state index is 12.7. The van der Waals surface area contributed by atoms with Crippen LogP contribution in [0.4, 0.5) is 0 Å². The highest BCUT2D eigenvalue weighted by molar-refractivity contribution is 9.10. The van der Waals surface area contributed by atoms with Crippen LogP contribution in [0, 0.1) is 0 Å². The molecule has 0 N–H and O–H groups in total. The van der Waals surface area contributed by atoms with E-state index in [1.165, 1.54) is 10.4 Å². The second-order valence-corrected chi connectivity index (χ2v) is 7.91. The third-order valence-corrected chi connectivity index (χ3v) is 6.06. The molecule has 0 radical (unpaired) electrons. The van der Waals surface area contributed by atoms with Crippen molar-refractivity contribution < 1.29 is 9.59 Å². The highest BCUT2D eigenvalue weighted by Gasteiger charge is 2.30. The molecule has 3 rings (SSSR count). The largest absolute Gasteiger partial charge is 0.335 e. The fourth-order valence-electron chi connectivity index (χ4n) is 3.28. The van der Waals surface area contributed by atoms with Crippen LogP contribution in [0.1, 0.15) is 53.0 Å². The number of Topliss-reactive ketones (excluding diaryl/α,β-unsaturated/α-hetero) is 1. The minimum absolute atomic E-state index is 0.0251. The molecule has 1 aromatic carbocycles. The molecular formula is C19H20BrNO2S. The predicted octanol–water partition coefficient (Wildman–Crippen LogP) is 5.01. The van der Waals surface area contributed by atoms with Crippen LogP contribution in [-0.4, -0.2) is 23.1 Å². The van der Waals surface area contributed by atoms with E-state index in [4.69, 9.17) is 0 Å². The van der Waals surface area contributed by atoms with E-state index in [1.807, 2.05) is 17.0 Å². The number of carbonyl (C=O) groups excluding carboxylic acids is 2. The van der Waals surface area contributed by atoms with Crippen LogP contribution in [0.15, 0.2) is 40.2 Å². The van der Waals surface area contributed by atoms with Gasteiger partial charge in [0.25, 0.3) is 0 Å². The third kappa shape index (κ3) is 3.62. The summed E-state index contributed by atoms with van der Waals surface area (Å²) in [7, 11) is 0. The number of halogens is 1. The summed E-state index contributed by atoms with van der Waals surface area (Å²) in [5, 5.41) is 2.11. The monoisotopic (exact) mass is 405 g/mol. The van der Waals surface area contributed by atoms with Crippen LogP contribution in [0.3, 0.4) is 0 Å². The van der Waals surface area contributed by atoms with Crippen molar-refractivity contribution in [1.29, 1.82) is 0 Å². The standard InChI is InChI=1S/C19H20BrNO2S/c1-2-16-15-10-12-24-18(15)9-11-21(16)19(23)8-7-17(22)13-3-5-14(20)6-4-13/h3-6,10,12,16H,2,7-9,11H2,1H3/t16-/m0/s1. The first kappa shape index (κ1) is 17.4. The lowest BCUT2D eigenvalue weighted by molar-refractivity contribution is -0.134. The highest BCUT2D eigenvalue weighted by Crippen LogP contribution is 2.35. The lowest BCUT2D eigenvalue weighted by atomic mass is 9.97. The van der Waals surface area contributed by atoms with E-state index >= 15 is 0 Å². The molecule has 1 amide bonds. The Kier molecular flexibility index (Phi) is 5.51. The van der Waals surface area contributed by atoms with Crippen LogP contribution in [0.2, 0.25) is 0 Å². The van der Waals surface area contributed by atoms with Gasteiger partial charge in [-0.05, 0) is 42.0 Å². The summed E-state index contributed by atoms with van der Waals surface area (Å²) >= 11 is 5.14. The summed E-state index contributed by atoms with van der Waals surface area (Å²) in [6.07, 6.45) is 2.39. The molecule has 5 heteroatoms. The van der Waals surface area contributed by atoms with Gasteiger partial charge in [-0.25, -0.2) is 0 Å². The number of hydrogen-bond acceptors (Lipinski definition) is 3. The SMILES string of the molecule is CC[C@H]1c2ccsc2CCN1C(=O)CCC(=O)c1ccc(Br)cc1. The summed E-state index contributed by atoms with van der Waals surface area (Å²) in [6.45, 7) is 2.88. The van der Waals surface area contributed by atoms with E-state index in [0.717, 1.165) is 23.9 Å². The zero-order valence-electron chi connectivity index (χ0n) is 13.6. The molecule has 0 saturated heterocycles. The third-order valence-electron chi connectivity index (χ3n) is 4.53. The second kappa shape index (κ2) is 7.62. The van der Waals surface area contributed by atoms with Crippen molar-refractivity contribution in [2.75, 3.05) is 6.54 Å². The van der Waals surface area contributed by atoms with Gasteiger partial charge in [0.1, 0.15) is 0 Å². The lowest BCUT2D eigenvalue weighted by Gasteiger charge is -2.35. The maximum absolute atomic E-state index is 12.7. The quantitative estimate of drug-likeness (QED) is 0.655. The Bertz CT molecular complexity index is 738.